The highest BCUT2D eigenvalue weighted by Gasteiger charge is 2.04. The summed E-state index contributed by atoms with van der Waals surface area (Å²) < 4.78 is 0. The van der Waals surface area contributed by atoms with Crippen molar-refractivity contribution in [2.75, 3.05) is 0 Å². The van der Waals surface area contributed by atoms with E-state index in [1.165, 1.54) is 18.2 Å². The summed E-state index contributed by atoms with van der Waals surface area (Å²) in [6.45, 7) is 0.329. The number of nitrogens with zero attached hydrogens (tertiary/aromatic N) is 1. The van der Waals surface area contributed by atoms with E-state index in [-0.39, 0.29) is 11.6 Å². The molecule has 106 valence electrons. The van der Waals surface area contributed by atoms with E-state index >= 15 is 0 Å². The van der Waals surface area contributed by atoms with E-state index in [1.54, 1.807) is 18.2 Å². The van der Waals surface area contributed by atoms with Gasteiger partial charge in [-0.1, -0.05) is 42.5 Å². The number of nitro groups is 1. The number of rotatable bonds is 5. The summed E-state index contributed by atoms with van der Waals surface area (Å²) in [6.07, 6.45) is 3.19. The third kappa shape index (κ3) is 4.58. The van der Waals surface area contributed by atoms with Crippen molar-refractivity contribution in [1.82, 2.24) is 5.32 Å². The molecule has 5 nitrogen and oxygen atoms in total. The summed E-state index contributed by atoms with van der Waals surface area (Å²) in [7, 11) is 0. The van der Waals surface area contributed by atoms with Crippen LogP contribution in [-0.4, -0.2) is 10.8 Å². The molecule has 21 heavy (non-hydrogen) atoms. The van der Waals surface area contributed by atoms with Crippen molar-refractivity contribution in [2.24, 2.45) is 0 Å². The summed E-state index contributed by atoms with van der Waals surface area (Å²) in [4.78, 5) is 21.7. The molecule has 0 saturated heterocycles. The molecule has 2 aromatic carbocycles. The third-order valence-electron chi connectivity index (χ3n) is 2.84. The number of benzene rings is 2. The SMILES string of the molecule is O=C(C=Cc1ccccc1)NCc1ccc([N+](=O)[O-])cc1. The lowest BCUT2D eigenvalue weighted by molar-refractivity contribution is -0.384. The normalized spacial score (nSPS) is 10.5. The lowest BCUT2D eigenvalue weighted by Crippen LogP contribution is -2.20. The van der Waals surface area contributed by atoms with E-state index < -0.39 is 4.92 Å². The number of carbonyl (C=O) groups excluding carboxylic acids is 1. The minimum absolute atomic E-state index is 0.0362. The average Bonchev–Trinajstić information content (AvgIpc) is 2.52. The van der Waals surface area contributed by atoms with Crippen LogP contribution in [0, 0.1) is 10.1 Å². The fourth-order valence-corrected chi connectivity index (χ4v) is 1.72. The van der Waals surface area contributed by atoms with Gasteiger partial charge in [-0.2, -0.15) is 0 Å². The molecule has 0 saturated carbocycles. The van der Waals surface area contributed by atoms with Gasteiger partial charge in [0, 0.05) is 24.8 Å². The number of nitro benzene ring substituents is 1. The quantitative estimate of drug-likeness (QED) is 0.520. The van der Waals surface area contributed by atoms with Gasteiger partial charge < -0.3 is 5.32 Å². The molecule has 0 unspecified atom stereocenters. The highest BCUT2D eigenvalue weighted by molar-refractivity contribution is 5.91. The zero-order valence-electron chi connectivity index (χ0n) is 11.2. The van der Waals surface area contributed by atoms with E-state index in [4.69, 9.17) is 0 Å². The molecule has 0 aliphatic carbocycles. The van der Waals surface area contributed by atoms with Crippen molar-refractivity contribution in [3.63, 3.8) is 0 Å². The van der Waals surface area contributed by atoms with E-state index in [0.29, 0.717) is 6.54 Å². The van der Waals surface area contributed by atoms with E-state index in [9.17, 15) is 14.9 Å². The molecule has 0 fully saturated rings. The molecule has 2 aromatic rings. The van der Waals surface area contributed by atoms with Gasteiger partial charge in [-0.05, 0) is 17.2 Å². The largest absolute Gasteiger partial charge is 0.348 e. The third-order valence-corrected chi connectivity index (χ3v) is 2.84. The van der Waals surface area contributed by atoms with Gasteiger partial charge in [0.2, 0.25) is 5.91 Å². The molecule has 2 rings (SSSR count). The van der Waals surface area contributed by atoms with Crippen molar-refractivity contribution >= 4 is 17.7 Å². The Morgan fingerprint density at radius 2 is 1.76 bits per heavy atom. The van der Waals surface area contributed by atoms with E-state index in [1.807, 2.05) is 30.3 Å². The summed E-state index contributed by atoms with van der Waals surface area (Å²) in [6, 6.07) is 15.6. The van der Waals surface area contributed by atoms with Crippen LogP contribution in [0.1, 0.15) is 11.1 Å². The van der Waals surface area contributed by atoms with Gasteiger partial charge in [-0.25, -0.2) is 0 Å². The van der Waals surface area contributed by atoms with Crippen LogP contribution in [0.2, 0.25) is 0 Å². The van der Waals surface area contributed by atoms with Gasteiger partial charge in [0.25, 0.3) is 5.69 Å². The molecule has 0 aliphatic rings. The Hall–Kier alpha value is -2.95. The van der Waals surface area contributed by atoms with Crippen LogP contribution in [-0.2, 0) is 11.3 Å². The summed E-state index contributed by atoms with van der Waals surface area (Å²) in [5.41, 5.74) is 1.79. The minimum atomic E-state index is -0.453. The second-order valence-corrected chi connectivity index (χ2v) is 4.39. The van der Waals surface area contributed by atoms with Crippen molar-refractivity contribution < 1.29 is 9.72 Å². The number of carbonyl (C=O) groups is 1. The zero-order chi connectivity index (χ0) is 15.1. The second kappa shape index (κ2) is 7.00. The number of hydrogen-bond acceptors (Lipinski definition) is 3. The Balaban J connectivity index is 1.86. The molecule has 1 N–H and O–H groups in total. The van der Waals surface area contributed by atoms with Crippen LogP contribution >= 0.6 is 0 Å². The average molecular weight is 282 g/mol. The smallest absolute Gasteiger partial charge is 0.269 e. The van der Waals surface area contributed by atoms with Gasteiger partial charge in [0.15, 0.2) is 0 Å². The number of hydrogen-bond donors (Lipinski definition) is 1. The molecular formula is C16H14N2O3. The van der Waals surface area contributed by atoms with E-state index in [0.717, 1.165) is 11.1 Å². The topological polar surface area (TPSA) is 72.2 Å². The van der Waals surface area contributed by atoms with Crippen LogP contribution in [0.4, 0.5) is 5.69 Å². The first-order valence-electron chi connectivity index (χ1n) is 6.39. The lowest BCUT2D eigenvalue weighted by atomic mass is 10.2. The first kappa shape index (κ1) is 14.5. The van der Waals surface area contributed by atoms with Gasteiger partial charge in [-0.3, -0.25) is 14.9 Å². The van der Waals surface area contributed by atoms with Gasteiger partial charge >= 0.3 is 0 Å². The molecule has 1 amide bonds. The van der Waals surface area contributed by atoms with Crippen LogP contribution in [0.15, 0.2) is 60.7 Å². The molecule has 0 radical (unpaired) electrons. The Morgan fingerprint density at radius 3 is 2.38 bits per heavy atom. The first-order chi connectivity index (χ1) is 10.1. The number of non-ortho nitro benzene ring substituents is 1. The van der Waals surface area contributed by atoms with Crippen molar-refractivity contribution in [3.05, 3.63) is 81.9 Å². The van der Waals surface area contributed by atoms with Crippen LogP contribution < -0.4 is 5.32 Å². The monoisotopic (exact) mass is 282 g/mol. The second-order valence-electron chi connectivity index (χ2n) is 4.39. The van der Waals surface area contributed by atoms with Gasteiger partial charge in [0.05, 0.1) is 4.92 Å². The van der Waals surface area contributed by atoms with Crippen molar-refractivity contribution in [2.45, 2.75) is 6.54 Å². The van der Waals surface area contributed by atoms with Gasteiger partial charge in [-0.15, -0.1) is 0 Å². The Kier molecular flexibility index (Phi) is 4.82. The molecule has 0 heterocycles. The minimum Gasteiger partial charge on any atom is -0.348 e. The Labute approximate surface area is 122 Å². The highest BCUT2D eigenvalue weighted by Crippen LogP contribution is 2.11. The summed E-state index contributed by atoms with van der Waals surface area (Å²) in [5.74, 6) is -0.211. The predicted octanol–water partition coefficient (Wildman–Crippen LogP) is 2.92. The fraction of sp³-hybridized carbons (Fsp3) is 0.0625. The molecule has 0 bridgehead atoms. The lowest BCUT2D eigenvalue weighted by Gasteiger charge is -2.02. The highest BCUT2D eigenvalue weighted by atomic mass is 16.6. The van der Waals surface area contributed by atoms with Crippen LogP contribution in [0.3, 0.4) is 0 Å². The molecule has 0 aliphatic heterocycles. The molecule has 0 atom stereocenters. The molecule has 5 heteroatoms. The van der Waals surface area contributed by atoms with E-state index in [2.05, 4.69) is 5.32 Å². The van der Waals surface area contributed by atoms with Crippen LogP contribution in [0.25, 0.3) is 6.08 Å². The Bertz CT molecular complexity index is 649. The fourth-order valence-electron chi connectivity index (χ4n) is 1.72. The maximum Gasteiger partial charge on any atom is 0.269 e. The number of amides is 1. The summed E-state index contributed by atoms with van der Waals surface area (Å²) >= 11 is 0. The Morgan fingerprint density at radius 1 is 1.10 bits per heavy atom. The predicted molar refractivity (Wildman–Crippen MR) is 80.4 cm³/mol. The van der Waals surface area contributed by atoms with Crippen molar-refractivity contribution in [3.8, 4) is 0 Å². The maximum atomic E-state index is 11.7. The zero-order valence-corrected chi connectivity index (χ0v) is 11.2. The first-order valence-corrected chi connectivity index (χ1v) is 6.39. The van der Waals surface area contributed by atoms with Crippen LogP contribution in [0.5, 0.6) is 0 Å². The standard InChI is InChI=1S/C16H14N2O3/c19-16(11-8-13-4-2-1-3-5-13)17-12-14-6-9-15(10-7-14)18(20)21/h1-11H,12H2,(H,17,19). The molecule has 0 aromatic heterocycles. The molecular weight excluding hydrogens is 268 g/mol. The molecule has 0 spiro atoms. The van der Waals surface area contributed by atoms with Gasteiger partial charge in [0.1, 0.15) is 0 Å². The maximum absolute atomic E-state index is 11.7. The number of nitrogens with one attached hydrogen (secondary N) is 1. The van der Waals surface area contributed by atoms with Crippen molar-refractivity contribution in [1.29, 1.82) is 0 Å². The summed E-state index contributed by atoms with van der Waals surface area (Å²) in [5, 5.41) is 13.2.